The molecule has 0 aliphatic heterocycles. The lowest BCUT2D eigenvalue weighted by Gasteiger charge is -2.21. The fourth-order valence-corrected chi connectivity index (χ4v) is 2.47. The number of thioether (sulfide) groups is 1. The van der Waals surface area contributed by atoms with E-state index in [1.807, 2.05) is 31.2 Å². The summed E-state index contributed by atoms with van der Waals surface area (Å²) >= 11 is 7.65. The van der Waals surface area contributed by atoms with Crippen molar-refractivity contribution in [1.29, 1.82) is 0 Å². The Morgan fingerprint density at radius 1 is 1.50 bits per heavy atom. The minimum absolute atomic E-state index is 0.0365. The maximum absolute atomic E-state index is 9.00. The Morgan fingerprint density at radius 3 is 2.88 bits per heavy atom. The van der Waals surface area contributed by atoms with Crippen molar-refractivity contribution in [2.24, 2.45) is 5.73 Å². The van der Waals surface area contributed by atoms with Crippen LogP contribution in [0.25, 0.3) is 0 Å². The van der Waals surface area contributed by atoms with Gasteiger partial charge in [0, 0.05) is 15.5 Å². The molecule has 0 aliphatic carbocycles. The molecule has 0 aromatic heterocycles. The van der Waals surface area contributed by atoms with Crippen LogP contribution in [0.4, 0.5) is 0 Å². The van der Waals surface area contributed by atoms with Crippen LogP contribution in [0.2, 0.25) is 5.02 Å². The number of aliphatic hydroxyl groups is 1. The largest absolute Gasteiger partial charge is 0.394 e. The van der Waals surface area contributed by atoms with Crippen molar-refractivity contribution in [2.45, 2.75) is 30.2 Å². The molecule has 2 nitrogen and oxygen atoms in total. The molecule has 1 atom stereocenters. The lowest BCUT2D eigenvalue weighted by atomic mass is 9.99. The van der Waals surface area contributed by atoms with Crippen molar-refractivity contribution < 1.29 is 5.11 Å². The third-order valence-electron chi connectivity index (χ3n) is 2.32. The van der Waals surface area contributed by atoms with E-state index in [2.05, 4.69) is 0 Å². The first-order chi connectivity index (χ1) is 7.53. The van der Waals surface area contributed by atoms with E-state index in [1.165, 1.54) is 4.90 Å². The Kier molecular flexibility index (Phi) is 5.62. The minimum Gasteiger partial charge on any atom is -0.394 e. The molecule has 0 fully saturated rings. The monoisotopic (exact) mass is 259 g/mol. The average Bonchev–Trinajstić information content (AvgIpc) is 2.25. The molecule has 0 heterocycles. The molecule has 0 saturated carbocycles. The molecule has 4 heteroatoms. The van der Waals surface area contributed by atoms with E-state index in [0.717, 1.165) is 23.6 Å². The smallest absolute Gasteiger partial charge is 0.0608 e. The maximum atomic E-state index is 9.00. The molecule has 0 amide bonds. The Labute approximate surface area is 106 Å². The van der Waals surface area contributed by atoms with Gasteiger partial charge in [-0.15, -0.1) is 11.8 Å². The van der Waals surface area contributed by atoms with Crippen molar-refractivity contribution in [2.75, 3.05) is 12.4 Å². The van der Waals surface area contributed by atoms with Gasteiger partial charge in [-0.05, 0) is 43.7 Å². The Balaban J connectivity index is 2.26. The summed E-state index contributed by atoms with van der Waals surface area (Å²) in [6.45, 7) is 1.91. The summed E-state index contributed by atoms with van der Waals surface area (Å²) in [5, 5.41) is 9.77. The second-order valence-corrected chi connectivity index (χ2v) is 5.83. The molecule has 1 unspecified atom stereocenters. The van der Waals surface area contributed by atoms with Gasteiger partial charge in [-0.25, -0.2) is 0 Å². The van der Waals surface area contributed by atoms with Crippen LogP contribution in [0.3, 0.4) is 0 Å². The molecular formula is C12H18ClNOS. The highest BCUT2D eigenvalue weighted by Crippen LogP contribution is 2.23. The first kappa shape index (κ1) is 13.8. The van der Waals surface area contributed by atoms with Gasteiger partial charge in [-0.3, -0.25) is 0 Å². The third kappa shape index (κ3) is 5.21. The molecule has 90 valence electrons. The highest BCUT2D eigenvalue weighted by atomic mass is 35.5. The Hall–Kier alpha value is -0.220. The molecule has 1 aromatic carbocycles. The minimum atomic E-state index is -0.450. The fourth-order valence-electron chi connectivity index (χ4n) is 1.30. The van der Waals surface area contributed by atoms with Gasteiger partial charge < -0.3 is 10.8 Å². The number of benzene rings is 1. The van der Waals surface area contributed by atoms with E-state index in [-0.39, 0.29) is 6.61 Å². The zero-order valence-corrected chi connectivity index (χ0v) is 11.0. The number of hydrogen-bond acceptors (Lipinski definition) is 3. The van der Waals surface area contributed by atoms with E-state index in [4.69, 9.17) is 22.4 Å². The topological polar surface area (TPSA) is 46.2 Å². The first-order valence-corrected chi connectivity index (χ1v) is 6.68. The summed E-state index contributed by atoms with van der Waals surface area (Å²) in [5.74, 6) is 0.993. The summed E-state index contributed by atoms with van der Waals surface area (Å²) in [5.41, 5.74) is 5.39. The summed E-state index contributed by atoms with van der Waals surface area (Å²) < 4.78 is 0. The second kappa shape index (κ2) is 6.50. The maximum Gasteiger partial charge on any atom is 0.0608 e. The highest BCUT2D eigenvalue weighted by Gasteiger charge is 2.15. The molecule has 16 heavy (non-hydrogen) atoms. The summed E-state index contributed by atoms with van der Waals surface area (Å²) in [6, 6.07) is 7.82. The highest BCUT2D eigenvalue weighted by molar-refractivity contribution is 7.99. The van der Waals surface area contributed by atoms with Crippen molar-refractivity contribution in [3.63, 3.8) is 0 Å². The lowest BCUT2D eigenvalue weighted by molar-refractivity contribution is 0.200. The molecule has 0 aliphatic rings. The van der Waals surface area contributed by atoms with Gasteiger partial charge in [-0.2, -0.15) is 0 Å². The summed E-state index contributed by atoms with van der Waals surface area (Å²) in [4.78, 5) is 1.18. The van der Waals surface area contributed by atoms with Crippen LogP contribution >= 0.6 is 23.4 Å². The number of rotatable bonds is 6. The van der Waals surface area contributed by atoms with Gasteiger partial charge in [0.2, 0.25) is 0 Å². The van der Waals surface area contributed by atoms with Crippen molar-refractivity contribution >= 4 is 23.4 Å². The lowest BCUT2D eigenvalue weighted by Crippen LogP contribution is -2.40. The summed E-state index contributed by atoms with van der Waals surface area (Å²) in [6.07, 6.45) is 1.82. The van der Waals surface area contributed by atoms with Crippen molar-refractivity contribution in [3.8, 4) is 0 Å². The van der Waals surface area contributed by atoms with Gasteiger partial charge in [0.1, 0.15) is 0 Å². The number of aliphatic hydroxyl groups excluding tert-OH is 1. The Bertz CT molecular complexity index is 331. The molecule has 1 rings (SSSR count). The van der Waals surface area contributed by atoms with Gasteiger partial charge in [-0.1, -0.05) is 17.7 Å². The Morgan fingerprint density at radius 2 is 2.25 bits per heavy atom. The van der Waals surface area contributed by atoms with Crippen LogP contribution in [-0.4, -0.2) is 23.0 Å². The molecule has 0 spiro atoms. The van der Waals surface area contributed by atoms with Gasteiger partial charge >= 0.3 is 0 Å². The predicted molar refractivity (Wildman–Crippen MR) is 71.1 cm³/mol. The van der Waals surface area contributed by atoms with Crippen molar-refractivity contribution in [3.05, 3.63) is 29.3 Å². The third-order valence-corrected chi connectivity index (χ3v) is 3.63. The zero-order valence-electron chi connectivity index (χ0n) is 9.45. The van der Waals surface area contributed by atoms with Crippen LogP contribution in [-0.2, 0) is 0 Å². The molecule has 3 N–H and O–H groups in total. The van der Waals surface area contributed by atoms with Crippen LogP contribution in [0.15, 0.2) is 29.2 Å². The molecule has 1 aromatic rings. The molecule has 0 radical (unpaired) electrons. The van der Waals surface area contributed by atoms with Crippen LogP contribution in [0, 0.1) is 0 Å². The van der Waals surface area contributed by atoms with E-state index in [0.29, 0.717) is 0 Å². The van der Waals surface area contributed by atoms with Gasteiger partial charge in [0.15, 0.2) is 0 Å². The van der Waals surface area contributed by atoms with Crippen LogP contribution < -0.4 is 5.73 Å². The average molecular weight is 260 g/mol. The van der Waals surface area contributed by atoms with E-state index >= 15 is 0 Å². The van der Waals surface area contributed by atoms with E-state index in [1.54, 1.807) is 11.8 Å². The molecular weight excluding hydrogens is 242 g/mol. The van der Waals surface area contributed by atoms with Gasteiger partial charge in [0.25, 0.3) is 0 Å². The van der Waals surface area contributed by atoms with Crippen molar-refractivity contribution in [1.82, 2.24) is 0 Å². The zero-order chi connectivity index (χ0) is 12.0. The number of hydrogen-bond donors (Lipinski definition) is 2. The van der Waals surface area contributed by atoms with E-state index in [9.17, 15) is 0 Å². The quantitative estimate of drug-likeness (QED) is 0.610. The van der Waals surface area contributed by atoms with Gasteiger partial charge in [0.05, 0.1) is 6.61 Å². The summed E-state index contributed by atoms with van der Waals surface area (Å²) in [7, 11) is 0. The standard InChI is InChI=1S/C12H18ClNOS/c1-12(14,9-15)6-3-7-16-11-5-2-4-10(13)8-11/h2,4-5,8,15H,3,6-7,9,14H2,1H3. The normalized spacial score (nSPS) is 14.8. The second-order valence-electron chi connectivity index (χ2n) is 4.22. The number of halogens is 1. The molecule has 0 bridgehead atoms. The van der Waals surface area contributed by atoms with Crippen LogP contribution in [0.5, 0.6) is 0 Å². The molecule has 0 saturated heterocycles. The van der Waals surface area contributed by atoms with Crippen LogP contribution in [0.1, 0.15) is 19.8 Å². The first-order valence-electron chi connectivity index (χ1n) is 5.32. The number of nitrogens with two attached hydrogens (primary N) is 1. The predicted octanol–water partition coefficient (Wildman–Crippen LogP) is 2.92. The SMILES string of the molecule is CC(N)(CO)CCCSc1cccc(Cl)c1. The van der Waals surface area contributed by atoms with E-state index < -0.39 is 5.54 Å². The fraction of sp³-hybridized carbons (Fsp3) is 0.500.